The van der Waals surface area contributed by atoms with E-state index in [1.54, 1.807) is 0 Å². The summed E-state index contributed by atoms with van der Waals surface area (Å²) in [4.78, 5) is 44.3. The molecule has 9 heteroatoms. The number of quaternary nitrogens is 1. The van der Waals surface area contributed by atoms with Gasteiger partial charge < -0.3 is 29.5 Å². The molecule has 0 fully saturated rings. The van der Waals surface area contributed by atoms with E-state index in [9.17, 15) is 24.3 Å². The molecule has 132 valence electrons. The molecular weight excluding hydrogens is 308 g/mol. The van der Waals surface area contributed by atoms with Crippen LogP contribution in [0.15, 0.2) is 0 Å². The third-order valence-corrected chi connectivity index (χ3v) is 2.76. The maximum atomic E-state index is 11.8. The van der Waals surface area contributed by atoms with E-state index < -0.39 is 42.4 Å². The van der Waals surface area contributed by atoms with Crippen molar-refractivity contribution in [2.24, 2.45) is 0 Å². The van der Waals surface area contributed by atoms with Crippen LogP contribution in [0.25, 0.3) is 0 Å². The first-order valence-corrected chi connectivity index (χ1v) is 7.10. The zero-order valence-corrected chi connectivity index (χ0v) is 13.8. The van der Waals surface area contributed by atoms with Gasteiger partial charge in [-0.2, -0.15) is 0 Å². The fraction of sp³-hybridized carbons (Fsp3) is 0.714. The maximum absolute atomic E-state index is 11.8. The van der Waals surface area contributed by atoms with Crippen molar-refractivity contribution in [1.29, 1.82) is 0 Å². The number of aliphatic carboxylic acids is 2. The second-order valence-corrected chi connectivity index (χ2v) is 6.29. The van der Waals surface area contributed by atoms with E-state index in [1.165, 1.54) is 6.92 Å². The first-order valence-electron chi connectivity index (χ1n) is 7.10. The average Bonchev–Trinajstić information content (AvgIpc) is 2.30. The largest absolute Gasteiger partial charge is 0.550 e. The van der Waals surface area contributed by atoms with Crippen molar-refractivity contribution in [3.8, 4) is 0 Å². The number of carbonyl (C=O) groups excluding carboxylic acids is 3. The van der Waals surface area contributed by atoms with E-state index in [4.69, 9.17) is 9.84 Å². The lowest BCUT2D eigenvalue weighted by Gasteiger charge is -2.29. The maximum Gasteiger partial charge on any atom is 0.326 e. The van der Waals surface area contributed by atoms with Crippen LogP contribution in [0, 0.1) is 0 Å². The molecule has 9 nitrogen and oxygen atoms in total. The molecule has 0 saturated carbocycles. The minimum atomic E-state index is -1.34. The van der Waals surface area contributed by atoms with Crippen LogP contribution in [0.5, 0.6) is 0 Å². The van der Waals surface area contributed by atoms with Gasteiger partial charge in [0.15, 0.2) is 6.10 Å². The summed E-state index contributed by atoms with van der Waals surface area (Å²) < 4.78 is 5.48. The Labute approximate surface area is 134 Å². The van der Waals surface area contributed by atoms with E-state index >= 15 is 0 Å². The molecule has 0 radical (unpaired) electrons. The number of ether oxygens (including phenoxy) is 1. The molecule has 0 bridgehead atoms. The number of carboxylic acid groups (broad SMARTS) is 2. The van der Waals surface area contributed by atoms with Crippen LogP contribution < -0.4 is 10.4 Å². The Kier molecular flexibility index (Phi) is 8.23. The van der Waals surface area contributed by atoms with E-state index in [0.29, 0.717) is 4.48 Å². The van der Waals surface area contributed by atoms with Crippen molar-refractivity contribution in [2.75, 3.05) is 27.7 Å². The molecule has 23 heavy (non-hydrogen) atoms. The summed E-state index contributed by atoms with van der Waals surface area (Å²) in [5, 5.41) is 21.9. The van der Waals surface area contributed by atoms with Gasteiger partial charge in [-0.3, -0.25) is 9.59 Å². The van der Waals surface area contributed by atoms with Crippen LogP contribution in [0.1, 0.15) is 26.2 Å². The number of hydrogen-bond acceptors (Lipinski definition) is 6. The number of likely N-dealkylation sites (N-methyl/N-ethyl adjacent to an activating group) is 1. The summed E-state index contributed by atoms with van der Waals surface area (Å²) in [7, 11) is 5.44. The predicted molar refractivity (Wildman–Crippen MR) is 76.9 cm³/mol. The molecule has 2 N–H and O–H groups in total. The third-order valence-electron chi connectivity index (χ3n) is 2.76. The van der Waals surface area contributed by atoms with Gasteiger partial charge in [-0.25, -0.2) is 4.79 Å². The lowest BCUT2D eigenvalue weighted by atomic mass is 10.1. The Morgan fingerprint density at radius 3 is 2.17 bits per heavy atom. The first kappa shape index (κ1) is 20.8. The molecule has 2 atom stereocenters. The van der Waals surface area contributed by atoms with E-state index in [-0.39, 0.29) is 19.4 Å². The summed E-state index contributed by atoms with van der Waals surface area (Å²) in [6, 6.07) is -1.20. The number of esters is 1. The second kappa shape index (κ2) is 9.09. The lowest BCUT2D eigenvalue weighted by molar-refractivity contribution is -0.873. The van der Waals surface area contributed by atoms with Crippen LogP contribution in [-0.4, -0.2) is 73.2 Å². The zero-order valence-electron chi connectivity index (χ0n) is 13.8. The summed E-state index contributed by atoms with van der Waals surface area (Å²) in [6.07, 6.45) is -1.69. The highest BCUT2D eigenvalue weighted by atomic mass is 16.5. The molecule has 0 aromatic carbocycles. The number of amides is 1. The number of hydrogen-bond donors (Lipinski definition) is 2. The van der Waals surface area contributed by atoms with E-state index in [2.05, 4.69) is 5.32 Å². The van der Waals surface area contributed by atoms with Crippen molar-refractivity contribution in [3.63, 3.8) is 0 Å². The summed E-state index contributed by atoms with van der Waals surface area (Å²) in [6.45, 7) is 1.44. The average molecular weight is 332 g/mol. The Morgan fingerprint density at radius 1 is 1.22 bits per heavy atom. The van der Waals surface area contributed by atoms with Crippen molar-refractivity contribution in [3.05, 3.63) is 0 Å². The van der Waals surface area contributed by atoms with Gasteiger partial charge in [-0.05, 0) is 6.42 Å². The fourth-order valence-corrected chi connectivity index (χ4v) is 1.95. The molecule has 0 aliphatic carbocycles. The van der Waals surface area contributed by atoms with Gasteiger partial charge >= 0.3 is 11.9 Å². The number of nitrogens with zero attached hydrogens (tertiary/aromatic N) is 1. The molecule has 1 amide bonds. The van der Waals surface area contributed by atoms with Gasteiger partial charge in [-0.15, -0.1) is 0 Å². The summed E-state index contributed by atoms with van der Waals surface area (Å²) in [5.41, 5.74) is 0. The van der Waals surface area contributed by atoms with Crippen molar-refractivity contribution < 1.29 is 38.6 Å². The van der Waals surface area contributed by atoms with Crippen LogP contribution in [0.3, 0.4) is 0 Å². The SMILES string of the molecule is CC(=O)N[C@H](CCC(=O)OC(CC(=O)[O-])C[N+](C)(C)C)C(=O)O. The molecule has 0 rings (SSSR count). The highest BCUT2D eigenvalue weighted by molar-refractivity contribution is 5.82. The Balaban J connectivity index is 4.58. The fourth-order valence-electron chi connectivity index (χ4n) is 1.95. The first-order chi connectivity index (χ1) is 10.4. The molecular formula is C14H24N2O7. The normalized spacial score (nSPS) is 13.7. The van der Waals surface area contributed by atoms with E-state index in [1.807, 2.05) is 21.1 Å². The van der Waals surface area contributed by atoms with Gasteiger partial charge in [0.05, 0.1) is 21.1 Å². The Hall–Kier alpha value is -2.16. The van der Waals surface area contributed by atoms with Crippen molar-refractivity contribution >= 4 is 23.8 Å². The number of carbonyl (C=O) groups is 4. The highest BCUT2D eigenvalue weighted by Crippen LogP contribution is 2.08. The molecule has 0 aromatic rings. The van der Waals surface area contributed by atoms with Gasteiger partial charge in [0, 0.05) is 25.7 Å². The summed E-state index contributed by atoms with van der Waals surface area (Å²) >= 11 is 0. The zero-order chi connectivity index (χ0) is 18.2. The minimum Gasteiger partial charge on any atom is -0.550 e. The van der Waals surface area contributed by atoms with Gasteiger partial charge in [-0.1, -0.05) is 0 Å². The van der Waals surface area contributed by atoms with Crippen LogP contribution in [-0.2, 0) is 23.9 Å². The monoisotopic (exact) mass is 332 g/mol. The van der Waals surface area contributed by atoms with E-state index in [0.717, 1.165) is 0 Å². The predicted octanol–water partition coefficient (Wildman–Crippen LogP) is -1.89. The Bertz CT molecular complexity index is 457. The molecule has 0 aliphatic heterocycles. The third kappa shape index (κ3) is 11.1. The van der Waals surface area contributed by atoms with Crippen molar-refractivity contribution in [1.82, 2.24) is 5.32 Å². The molecule has 0 saturated heterocycles. The number of nitrogens with one attached hydrogen (secondary N) is 1. The highest BCUT2D eigenvalue weighted by Gasteiger charge is 2.24. The lowest BCUT2D eigenvalue weighted by Crippen LogP contribution is -2.45. The van der Waals surface area contributed by atoms with Crippen LogP contribution in [0.4, 0.5) is 0 Å². The number of carboxylic acids is 2. The molecule has 0 aromatic heterocycles. The Morgan fingerprint density at radius 2 is 1.78 bits per heavy atom. The second-order valence-electron chi connectivity index (χ2n) is 6.29. The van der Waals surface area contributed by atoms with Gasteiger partial charge in [0.2, 0.25) is 5.91 Å². The number of rotatable bonds is 10. The van der Waals surface area contributed by atoms with Crippen LogP contribution >= 0.6 is 0 Å². The minimum absolute atomic E-state index is 0.143. The standard InChI is InChI=1S/C14H24N2O7/c1-9(17)15-11(14(21)22)5-6-13(20)23-10(7-12(18)19)8-16(2,3)4/h10-11H,5-8H2,1-4H3,(H2-,15,17,18,19,21,22)/t10?,11-/m1/s1. The molecule has 0 spiro atoms. The van der Waals surface area contributed by atoms with Gasteiger partial charge in [0.25, 0.3) is 0 Å². The van der Waals surface area contributed by atoms with Crippen LogP contribution in [0.2, 0.25) is 0 Å². The smallest absolute Gasteiger partial charge is 0.326 e. The molecule has 0 heterocycles. The topological polar surface area (TPSA) is 133 Å². The quantitative estimate of drug-likeness (QED) is 0.353. The molecule has 1 unspecified atom stereocenters. The molecule has 0 aliphatic rings. The summed E-state index contributed by atoms with van der Waals surface area (Å²) in [5.74, 6) is -3.84. The van der Waals surface area contributed by atoms with Crippen molar-refractivity contribution in [2.45, 2.75) is 38.3 Å². The van der Waals surface area contributed by atoms with Gasteiger partial charge in [0.1, 0.15) is 12.6 Å².